The van der Waals surface area contributed by atoms with Crippen LogP contribution >= 0.6 is 0 Å². The Hall–Kier alpha value is -0.870. The molecule has 2 heterocycles. The van der Waals surface area contributed by atoms with Crippen molar-refractivity contribution in [3.63, 3.8) is 0 Å². The van der Waals surface area contributed by atoms with Crippen LogP contribution in [0.5, 0.6) is 0 Å². The number of rotatable bonds is 3. The Morgan fingerprint density at radius 3 is 2.73 bits per heavy atom. The van der Waals surface area contributed by atoms with Crippen molar-refractivity contribution in [2.45, 2.75) is 39.0 Å². The summed E-state index contributed by atoms with van der Waals surface area (Å²) >= 11 is 0. The molecule has 1 aliphatic rings. The highest BCUT2D eigenvalue weighted by atomic mass is 16.3. The number of hydrogen-bond donors (Lipinski definition) is 1. The fourth-order valence-corrected chi connectivity index (χ4v) is 2.18. The highest BCUT2D eigenvalue weighted by Crippen LogP contribution is 2.22. The third-order valence-electron chi connectivity index (χ3n) is 2.82. The van der Waals surface area contributed by atoms with Gasteiger partial charge in [0.1, 0.15) is 0 Å². The molecule has 1 saturated heterocycles. The van der Waals surface area contributed by atoms with Gasteiger partial charge in [0.05, 0.1) is 17.6 Å². The van der Waals surface area contributed by atoms with Gasteiger partial charge in [0.25, 0.3) is 0 Å². The average molecular weight is 209 g/mol. The third kappa shape index (κ3) is 2.21. The van der Waals surface area contributed by atoms with Crippen LogP contribution in [0.15, 0.2) is 12.5 Å². The molecular weight excluding hydrogens is 190 g/mol. The molecule has 1 aromatic rings. The second-order valence-corrected chi connectivity index (χ2v) is 5.03. The Bertz CT molecular complexity index is 335. The number of hydrogen-bond acceptors (Lipinski definition) is 3. The van der Waals surface area contributed by atoms with Gasteiger partial charge in [-0.05, 0) is 20.8 Å². The molecule has 0 aliphatic carbocycles. The highest BCUT2D eigenvalue weighted by molar-refractivity contribution is 5.03. The van der Waals surface area contributed by atoms with Crippen molar-refractivity contribution >= 4 is 0 Å². The lowest BCUT2D eigenvalue weighted by Gasteiger charge is -2.44. The summed E-state index contributed by atoms with van der Waals surface area (Å²) in [7, 11) is 0. The molecular formula is C11H19N3O. The predicted molar refractivity (Wildman–Crippen MR) is 58.5 cm³/mol. The summed E-state index contributed by atoms with van der Waals surface area (Å²) in [6.45, 7) is 8.58. The predicted octanol–water partition coefficient (Wildman–Crippen LogP) is 1.03. The minimum absolute atomic E-state index is 0.448. The summed E-state index contributed by atoms with van der Waals surface area (Å²) in [5.74, 6) is 0. The van der Waals surface area contributed by atoms with E-state index in [4.69, 9.17) is 0 Å². The molecule has 4 heteroatoms. The first-order valence-corrected chi connectivity index (χ1v) is 5.43. The molecule has 4 nitrogen and oxygen atoms in total. The Balaban J connectivity index is 1.97. The van der Waals surface area contributed by atoms with Gasteiger partial charge in [-0.1, -0.05) is 0 Å². The van der Waals surface area contributed by atoms with Crippen molar-refractivity contribution < 1.29 is 5.11 Å². The quantitative estimate of drug-likeness (QED) is 0.808. The van der Waals surface area contributed by atoms with Gasteiger partial charge in [-0.3, -0.25) is 4.90 Å². The molecule has 1 fully saturated rings. The van der Waals surface area contributed by atoms with E-state index in [0.29, 0.717) is 6.04 Å². The number of imidazole rings is 1. The first-order chi connectivity index (χ1) is 6.98. The number of aromatic nitrogens is 2. The molecule has 1 aromatic heterocycles. The number of nitrogens with zero attached hydrogens (tertiary/aromatic N) is 3. The van der Waals surface area contributed by atoms with E-state index in [1.54, 1.807) is 0 Å². The Morgan fingerprint density at radius 1 is 1.53 bits per heavy atom. The zero-order valence-corrected chi connectivity index (χ0v) is 9.64. The molecule has 0 atom stereocenters. The zero-order chi connectivity index (χ0) is 11.1. The second-order valence-electron chi connectivity index (χ2n) is 5.03. The van der Waals surface area contributed by atoms with Crippen molar-refractivity contribution in [1.29, 1.82) is 0 Å². The third-order valence-corrected chi connectivity index (χ3v) is 2.82. The van der Waals surface area contributed by atoms with E-state index >= 15 is 0 Å². The van der Waals surface area contributed by atoms with E-state index in [-0.39, 0.29) is 0 Å². The summed E-state index contributed by atoms with van der Waals surface area (Å²) < 4.78 is 2.17. The Labute approximate surface area is 90.5 Å². The molecule has 0 saturated carbocycles. The molecule has 2 rings (SSSR count). The SMILES string of the molecule is CC(C)n1cncc1CN1CC(C)(O)C1. The molecule has 1 N–H and O–H groups in total. The van der Waals surface area contributed by atoms with Gasteiger partial charge >= 0.3 is 0 Å². The summed E-state index contributed by atoms with van der Waals surface area (Å²) in [4.78, 5) is 6.40. The van der Waals surface area contributed by atoms with Crippen LogP contribution in [0.2, 0.25) is 0 Å². The molecule has 0 radical (unpaired) electrons. The molecule has 15 heavy (non-hydrogen) atoms. The molecule has 84 valence electrons. The molecule has 1 aliphatic heterocycles. The minimum atomic E-state index is -0.483. The first kappa shape index (κ1) is 10.6. The van der Waals surface area contributed by atoms with Crippen LogP contribution in [0.25, 0.3) is 0 Å². The van der Waals surface area contributed by atoms with Gasteiger partial charge < -0.3 is 9.67 Å². The monoisotopic (exact) mass is 209 g/mol. The van der Waals surface area contributed by atoms with E-state index in [9.17, 15) is 5.11 Å². The Kier molecular flexibility index (Phi) is 2.56. The average Bonchev–Trinajstić information content (AvgIpc) is 2.48. The van der Waals surface area contributed by atoms with Crippen LogP contribution in [0, 0.1) is 0 Å². The van der Waals surface area contributed by atoms with Crippen molar-refractivity contribution in [2.75, 3.05) is 13.1 Å². The van der Waals surface area contributed by atoms with Crippen LogP contribution in [-0.4, -0.2) is 38.2 Å². The van der Waals surface area contributed by atoms with Gasteiger partial charge in [0.2, 0.25) is 0 Å². The summed E-state index contributed by atoms with van der Waals surface area (Å²) in [6, 6.07) is 0.448. The van der Waals surface area contributed by atoms with Crippen LogP contribution in [0.1, 0.15) is 32.5 Å². The summed E-state index contributed by atoms with van der Waals surface area (Å²) in [5.41, 5.74) is 0.739. The molecule has 0 unspecified atom stereocenters. The lowest BCUT2D eigenvalue weighted by molar-refractivity contribution is -0.0879. The first-order valence-electron chi connectivity index (χ1n) is 5.43. The van der Waals surface area contributed by atoms with E-state index in [2.05, 4.69) is 28.3 Å². The fourth-order valence-electron chi connectivity index (χ4n) is 2.18. The smallest absolute Gasteiger partial charge is 0.0951 e. The maximum atomic E-state index is 9.63. The normalized spacial score (nSPS) is 20.6. The molecule has 0 spiro atoms. The molecule has 0 amide bonds. The number of aliphatic hydroxyl groups is 1. The number of β-amino-alcohol motifs (C(OH)–C–C–N with tert-alkyl or cyclic N) is 1. The highest BCUT2D eigenvalue weighted by Gasteiger charge is 2.36. The molecule has 0 bridgehead atoms. The zero-order valence-electron chi connectivity index (χ0n) is 9.64. The van der Waals surface area contributed by atoms with Gasteiger partial charge in [0, 0.05) is 31.9 Å². The van der Waals surface area contributed by atoms with Crippen LogP contribution < -0.4 is 0 Å². The van der Waals surface area contributed by atoms with E-state index in [1.165, 1.54) is 5.69 Å². The maximum absolute atomic E-state index is 9.63. The van der Waals surface area contributed by atoms with E-state index in [1.807, 2.05) is 19.4 Å². The topological polar surface area (TPSA) is 41.3 Å². The van der Waals surface area contributed by atoms with Gasteiger partial charge in [-0.15, -0.1) is 0 Å². The standard InChI is InChI=1S/C11H19N3O/c1-9(2)14-8-12-4-10(14)5-13-6-11(3,15)7-13/h4,8-9,15H,5-7H2,1-3H3. The van der Waals surface area contributed by atoms with Crippen LogP contribution in [0.3, 0.4) is 0 Å². The van der Waals surface area contributed by atoms with Crippen LogP contribution in [0.4, 0.5) is 0 Å². The fraction of sp³-hybridized carbons (Fsp3) is 0.727. The second kappa shape index (κ2) is 3.61. The van der Waals surface area contributed by atoms with E-state index in [0.717, 1.165) is 19.6 Å². The number of likely N-dealkylation sites (tertiary alicyclic amines) is 1. The van der Waals surface area contributed by atoms with Gasteiger partial charge in [-0.2, -0.15) is 0 Å². The minimum Gasteiger partial charge on any atom is -0.388 e. The largest absolute Gasteiger partial charge is 0.388 e. The van der Waals surface area contributed by atoms with Crippen molar-refractivity contribution in [3.8, 4) is 0 Å². The Morgan fingerprint density at radius 2 is 2.20 bits per heavy atom. The maximum Gasteiger partial charge on any atom is 0.0951 e. The van der Waals surface area contributed by atoms with Crippen molar-refractivity contribution in [2.24, 2.45) is 0 Å². The van der Waals surface area contributed by atoms with Crippen LogP contribution in [-0.2, 0) is 6.54 Å². The van der Waals surface area contributed by atoms with Gasteiger partial charge in [-0.25, -0.2) is 4.98 Å². The van der Waals surface area contributed by atoms with Crippen molar-refractivity contribution in [1.82, 2.24) is 14.5 Å². The molecule has 0 aromatic carbocycles. The summed E-state index contributed by atoms with van der Waals surface area (Å²) in [5, 5.41) is 9.63. The van der Waals surface area contributed by atoms with E-state index < -0.39 is 5.60 Å². The van der Waals surface area contributed by atoms with Crippen molar-refractivity contribution in [3.05, 3.63) is 18.2 Å². The lowest BCUT2D eigenvalue weighted by atomic mass is 9.97. The summed E-state index contributed by atoms with van der Waals surface area (Å²) in [6.07, 6.45) is 3.78. The lowest BCUT2D eigenvalue weighted by Crippen LogP contribution is -2.59. The van der Waals surface area contributed by atoms with Gasteiger partial charge in [0.15, 0.2) is 0 Å².